The Labute approximate surface area is 120 Å². The van der Waals surface area contributed by atoms with Crippen molar-refractivity contribution in [3.63, 3.8) is 0 Å². The van der Waals surface area contributed by atoms with Crippen molar-refractivity contribution < 1.29 is 4.74 Å². The zero-order chi connectivity index (χ0) is 14.1. The number of nitrogens with one attached hydrogen (secondary N) is 1. The quantitative estimate of drug-likeness (QED) is 0.925. The van der Waals surface area contributed by atoms with E-state index in [-0.39, 0.29) is 0 Å². The van der Waals surface area contributed by atoms with E-state index in [1.165, 1.54) is 40.6 Å². The van der Waals surface area contributed by atoms with Gasteiger partial charge in [-0.15, -0.1) is 0 Å². The van der Waals surface area contributed by atoms with E-state index in [4.69, 9.17) is 4.74 Å². The van der Waals surface area contributed by atoms with Crippen LogP contribution in [0.25, 0.3) is 10.9 Å². The highest BCUT2D eigenvalue weighted by Gasteiger charge is 2.19. The zero-order valence-corrected chi connectivity index (χ0v) is 12.7. The minimum absolute atomic E-state index is 0.390. The molecule has 1 N–H and O–H groups in total. The highest BCUT2D eigenvalue weighted by molar-refractivity contribution is 5.86. The standard InChI is InChI=1S/C17H24N2O/c1-12-13(2)19(11-15-5-4-8-20-15)17-7-6-14(10-18-3)9-16(12)17/h6-7,9,15,18H,4-5,8,10-11H2,1-3H3. The maximum Gasteiger partial charge on any atom is 0.0754 e. The van der Waals surface area contributed by atoms with Crippen LogP contribution in [0.15, 0.2) is 18.2 Å². The molecule has 2 heterocycles. The van der Waals surface area contributed by atoms with E-state index in [0.717, 1.165) is 19.7 Å². The Morgan fingerprint density at radius 3 is 2.90 bits per heavy atom. The van der Waals surface area contributed by atoms with Crippen LogP contribution in [0, 0.1) is 13.8 Å². The fraction of sp³-hybridized carbons (Fsp3) is 0.529. The number of rotatable bonds is 4. The van der Waals surface area contributed by atoms with Gasteiger partial charge in [0.25, 0.3) is 0 Å². The van der Waals surface area contributed by atoms with Gasteiger partial charge in [-0.3, -0.25) is 0 Å². The number of hydrogen-bond donors (Lipinski definition) is 1. The Hall–Kier alpha value is -1.32. The largest absolute Gasteiger partial charge is 0.376 e. The lowest BCUT2D eigenvalue weighted by Crippen LogP contribution is -2.15. The SMILES string of the molecule is CNCc1ccc2c(c1)c(C)c(C)n2CC1CCCO1. The zero-order valence-electron chi connectivity index (χ0n) is 12.7. The molecule has 0 radical (unpaired) electrons. The summed E-state index contributed by atoms with van der Waals surface area (Å²) in [5.74, 6) is 0. The summed E-state index contributed by atoms with van der Waals surface area (Å²) < 4.78 is 8.24. The molecule has 1 aliphatic rings. The van der Waals surface area contributed by atoms with Gasteiger partial charge in [-0.25, -0.2) is 0 Å². The molecule has 2 aromatic rings. The van der Waals surface area contributed by atoms with Gasteiger partial charge in [0.2, 0.25) is 0 Å². The summed E-state index contributed by atoms with van der Waals surface area (Å²) in [4.78, 5) is 0. The van der Waals surface area contributed by atoms with Gasteiger partial charge in [0.05, 0.1) is 6.10 Å². The van der Waals surface area contributed by atoms with Crippen LogP contribution in [0.3, 0.4) is 0 Å². The third-order valence-corrected chi connectivity index (χ3v) is 4.49. The van der Waals surface area contributed by atoms with Crippen LogP contribution in [0.1, 0.15) is 29.7 Å². The Morgan fingerprint density at radius 2 is 2.20 bits per heavy atom. The first-order valence-corrected chi connectivity index (χ1v) is 7.55. The number of hydrogen-bond acceptors (Lipinski definition) is 2. The highest BCUT2D eigenvalue weighted by atomic mass is 16.5. The Morgan fingerprint density at radius 1 is 1.35 bits per heavy atom. The van der Waals surface area contributed by atoms with Crippen LogP contribution in [0.4, 0.5) is 0 Å². The number of aryl methyl sites for hydroxylation is 1. The summed E-state index contributed by atoms with van der Waals surface area (Å²) in [6.45, 7) is 7.29. The van der Waals surface area contributed by atoms with Crippen molar-refractivity contribution in [2.24, 2.45) is 0 Å². The van der Waals surface area contributed by atoms with E-state index in [9.17, 15) is 0 Å². The normalized spacial score (nSPS) is 19.1. The average molecular weight is 272 g/mol. The molecule has 1 aromatic carbocycles. The van der Waals surface area contributed by atoms with Crippen molar-refractivity contribution in [2.75, 3.05) is 13.7 Å². The predicted molar refractivity (Wildman–Crippen MR) is 83.1 cm³/mol. The molecule has 3 rings (SSSR count). The van der Waals surface area contributed by atoms with Crippen molar-refractivity contribution >= 4 is 10.9 Å². The lowest BCUT2D eigenvalue weighted by molar-refractivity contribution is 0.0976. The summed E-state index contributed by atoms with van der Waals surface area (Å²) in [5, 5.41) is 4.60. The van der Waals surface area contributed by atoms with Crippen LogP contribution < -0.4 is 5.32 Å². The van der Waals surface area contributed by atoms with Crippen LogP contribution in [0.2, 0.25) is 0 Å². The van der Waals surface area contributed by atoms with E-state index < -0.39 is 0 Å². The number of nitrogens with zero attached hydrogens (tertiary/aromatic N) is 1. The van der Waals surface area contributed by atoms with Gasteiger partial charge < -0.3 is 14.6 Å². The molecule has 3 heteroatoms. The van der Waals surface area contributed by atoms with Gasteiger partial charge >= 0.3 is 0 Å². The summed E-state index contributed by atoms with van der Waals surface area (Å²) in [7, 11) is 1.99. The van der Waals surface area contributed by atoms with Crippen molar-refractivity contribution in [2.45, 2.75) is 45.9 Å². The molecule has 1 saturated heterocycles. The number of fused-ring (bicyclic) bond motifs is 1. The van der Waals surface area contributed by atoms with E-state index in [1.807, 2.05) is 7.05 Å². The molecule has 0 aliphatic carbocycles. The molecule has 1 atom stereocenters. The van der Waals surface area contributed by atoms with Crippen LogP contribution in [-0.4, -0.2) is 24.3 Å². The Bertz CT molecular complexity index is 609. The molecule has 0 spiro atoms. The number of ether oxygens (including phenoxy) is 1. The van der Waals surface area contributed by atoms with Gasteiger partial charge in [-0.05, 0) is 57.0 Å². The molecule has 108 valence electrons. The first-order chi connectivity index (χ1) is 9.70. The summed E-state index contributed by atoms with van der Waals surface area (Å²) in [6.07, 6.45) is 2.78. The van der Waals surface area contributed by atoms with Crippen LogP contribution in [-0.2, 0) is 17.8 Å². The molecule has 1 aromatic heterocycles. The first kappa shape index (κ1) is 13.7. The van der Waals surface area contributed by atoms with E-state index >= 15 is 0 Å². The second-order valence-electron chi connectivity index (χ2n) is 5.84. The second-order valence-corrected chi connectivity index (χ2v) is 5.84. The van der Waals surface area contributed by atoms with Crippen LogP contribution in [0.5, 0.6) is 0 Å². The molecule has 0 amide bonds. The number of benzene rings is 1. The lowest BCUT2D eigenvalue weighted by atomic mass is 10.1. The Kier molecular flexibility index (Phi) is 3.81. The summed E-state index contributed by atoms with van der Waals surface area (Å²) >= 11 is 0. The lowest BCUT2D eigenvalue weighted by Gasteiger charge is -2.14. The minimum Gasteiger partial charge on any atom is -0.376 e. The van der Waals surface area contributed by atoms with Crippen molar-refractivity contribution in [1.82, 2.24) is 9.88 Å². The molecule has 0 saturated carbocycles. The topological polar surface area (TPSA) is 26.2 Å². The minimum atomic E-state index is 0.390. The van der Waals surface area contributed by atoms with E-state index in [0.29, 0.717) is 6.10 Å². The smallest absolute Gasteiger partial charge is 0.0754 e. The van der Waals surface area contributed by atoms with Crippen LogP contribution >= 0.6 is 0 Å². The highest BCUT2D eigenvalue weighted by Crippen LogP contribution is 2.28. The van der Waals surface area contributed by atoms with Gasteiger partial charge in [-0.1, -0.05) is 6.07 Å². The van der Waals surface area contributed by atoms with Crippen molar-refractivity contribution in [1.29, 1.82) is 0 Å². The van der Waals surface area contributed by atoms with E-state index in [1.54, 1.807) is 0 Å². The fourth-order valence-electron chi connectivity index (χ4n) is 3.24. The van der Waals surface area contributed by atoms with Gasteiger partial charge in [0.15, 0.2) is 0 Å². The molecule has 20 heavy (non-hydrogen) atoms. The average Bonchev–Trinajstić information content (AvgIpc) is 3.03. The molecule has 3 nitrogen and oxygen atoms in total. The molecule has 1 aliphatic heterocycles. The van der Waals surface area contributed by atoms with Crippen molar-refractivity contribution in [3.8, 4) is 0 Å². The molecular formula is C17H24N2O. The summed E-state index contributed by atoms with van der Waals surface area (Å²) in [6, 6.07) is 6.81. The molecular weight excluding hydrogens is 248 g/mol. The maximum atomic E-state index is 5.80. The first-order valence-electron chi connectivity index (χ1n) is 7.55. The summed E-state index contributed by atoms with van der Waals surface area (Å²) in [5.41, 5.74) is 5.46. The fourth-order valence-corrected chi connectivity index (χ4v) is 3.24. The van der Waals surface area contributed by atoms with Gasteiger partial charge in [-0.2, -0.15) is 0 Å². The van der Waals surface area contributed by atoms with Gasteiger partial charge in [0.1, 0.15) is 0 Å². The Balaban J connectivity index is 2.00. The third-order valence-electron chi connectivity index (χ3n) is 4.49. The number of aromatic nitrogens is 1. The van der Waals surface area contributed by atoms with E-state index in [2.05, 4.69) is 41.9 Å². The predicted octanol–water partition coefficient (Wildman–Crippen LogP) is 3.16. The van der Waals surface area contributed by atoms with Crippen molar-refractivity contribution in [3.05, 3.63) is 35.0 Å². The molecule has 1 fully saturated rings. The second kappa shape index (κ2) is 5.58. The maximum absolute atomic E-state index is 5.80. The molecule has 1 unspecified atom stereocenters. The molecule has 0 bridgehead atoms. The third kappa shape index (κ3) is 2.36. The van der Waals surface area contributed by atoms with Gasteiger partial charge in [0, 0.05) is 36.3 Å². The monoisotopic (exact) mass is 272 g/mol.